The summed E-state index contributed by atoms with van der Waals surface area (Å²) in [4.78, 5) is 0. The topological polar surface area (TPSA) is 39.2 Å². The van der Waals surface area contributed by atoms with E-state index >= 15 is 0 Å². The summed E-state index contributed by atoms with van der Waals surface area (Å²) >= 11 is 0. The van der Waals surface area contributed by atoms with Gasteiger partial charge in [-0.2, -0.15) is 0 Å². The van der Waals surface area contributed by atoms with Gasteiger partial charge in [-0.05, 0) is 61.2 Å². The molecule has 21 heavy (non-hydrogen) atoms. The highest BCUT2D eigenvalue weighted by atomic mass is 19.1. The van der Waals surface area contributed by atoms with E-state index in [-0.39, 0.29) is 11.9 Å². The fourth-order valence-electron chi connectivity index (χ4n) is 2.50. The van der Waals surface area contributed by atoms with Crippen LogP contribution in [-0.4, -0.2) is 0 Å². The number of furan rings is 1. The van der Waals surface area contributed by atoms with Gasteiger partial charge in [0, 0.05) is 5.39 Å². The molecule has 0 amide bonds. The maximum absolute atomic E-state index is 13.2. The Morgan fingerprint density at radius 3 is 2.62 bits per heavy atom. The zero-order valence-electron chi connectivity index (χ0n) is 12.2. The molecule has 1 atom stereocenters. The van der Waals surface area contributed by atoms with Crippen molar-refractivity contribution in [3.8, 4) is 0 Å². The van der Waals surface area contributed by atoms with Crippen molar-refractivity contribution < 1.29 is 8.81 Å². The van der Waals surface area contributed by atoms with Gasteiger partial charge < -0.3 is 10.2 Å². The van der Waals surface area contributed by atoms with Gasteiger partial charge in [0.05, 0.1) is 6.04 Å². The minimum Gasteiger partial charge on any atom is -0.459 e. The van der Waals surface area contributed by atoms with Crippen LogP contribution < -0.4 is 5.73 Å². The van der Waals surface area contributed by atoms with Gasteiger partial charge in [-0.3, -0.25) is 0 Å². The molecule has 108 valence electrons. The summed E-state index contributed by atoms with van der Waals surface area (Å²) in [7, 11) is 0. The molecule has 1 heterocycles. The maximum atomic E-state index is 13.2. The van der Waals surface area contributed by atoms with Crippen LogP contribution in [-0.2, 0) is 6.42 Å². The van der Waals surface area contributed by atoms with Crippen molar-refractivity contribution in [3.63, 3.8) is 0 Å². The number of hydrogen-bond donors (Lipinski definition) is 1. The molecule has 3 aromatic rings. The number of nitrogens with two attached hydrogens (primary N) is 1. The minimum absolute atomic E-state index is 0.234. The molecule has 2 N–H and O–H groups in total. The zero-order valence-corrected chi connectivity index (χ0v) is 12.2. The quantitative estimate of drug-likeness (QED) is 0.772. The Morgan fingerprint density at radius 2 is 1.86 bits per heavy atom. The minimum atomic E-state index is -0.266. The number of aryl methyl sites for hydroxylation is 2. The van der Waals surface area contributed by atoms with E-state index in [2.05, 4.69) is 32.0 Å². The van der Waals surface area contributed by atoms with Crippen LogP contribution in [0.25, 0.3) is 11.0 Å². The van der Waals surface area contributed by atoms with Gasteiger partial charge in [-0.1, -0.05) is 18.2 Å². The Hall–Kier alpha value is -2.13. The lowest BCUT2D eigenvalue weighted by molar-refractivity contribution is 0.493. The van der Waals surface area contributed by atoms with E-state index in [1.54, 1.807) is 6.07 Å². The Morgan fingerprint density at radius 1 is 1.05 bits per heavy atom. The Balaban J connectivity index is 1.85. The first-order valence-electron chi connectivity index (χ1n) is 7.03. The maximum Gasteiger partial charge on any atom is 0.134 e. The van der Waals surface area contributed by atoms with Crippen molar-refractivity contribution in [2.45, 2.75) is 26.3 Å². The molecule has 3 rings (SSSR count). The number of halogens is 1. The SMILES string of the molecule is Cc1ccc(CC(N)c2cc3cc(F)ccc3o2)cc1C. The smallest absolute Gasteiger partial charge is 0.134 e. The number of rotatable bonds is 3. The molecule has 0 aliphatic rings. The molecule has 0 aliphatic carbocycles. The average molecular weight is 283 g/mol. The predicted octanol–water partition coefficient (Wildman–Crippen LogP) is 4.43. The van der Waals surface area contributed by atoms with E-state index in [1.807, 2.05) is 6.07 Å². The standard InChI is InChI=1S/C18H18FNO/c1-11-3-4-13(7-12(11)2)8-16(20)18-10-14-9-15(19)5-6-17(14)21-18/h3-7,9-10,16H,8,20H2,1-2H3. The van der Waals surface area contributed by atoms with Gasteiger partial charge in [0.1, 0.15) is 17.2 Å². The van der Waals surface area contributed by atoms with E-state index in [4.69, 9.17) is 10.2 Å². The molecule has 0 radical (unpaired) electrons. The predicted molar refractivity (Wildman–Crippen MR) is 82.7 cm³/mol. The van der Waals surface area contributed by atoms with E-state index < -0.39 is 0 Å². The van der Waals surface area contributed by atoms with Crippen LogP contribution in [0.1, 0.15) is 28.5 Å². The summed E-state index contributed by atoms with van der Waals surface area (Å²) in [6.45, 7) is 4.18. The van der Waals surface area contributed by atoms with E-state index in [0.29, 0.717) is 17.8 Å². The van der Waals surface area contributed by atoms with Crippen LogP contribution in [0.15, 0.2) is 46.9 Å². The van der Waals surface area contributed by atoms with E-state index in [0.717, 1.165) is 5.39 Å². The molecule has 0 aliphatic heterocycles. The highest BCUT2D eigenvalue weighted by Gasteiger charge is 2.13. The summed E-state index contributed by atoms with van der Waals surface area (Å²) in [5.74, 6) is 0.423. The van der Waals surface area contributed by atoms with Crippen LogP contribution in [0.5, 0.6) is 0 Å². The number of hydrogen-bond acceptors (Lipinski definition) is 2. The molecular weight excluding hydrogens is 265 g/mol. The summed E-state index contributed by atoms with van der Waals surface area (Å²) in [6.07, 6.45) is 0.698. The Kier molecular flexibility index (Phi) is 3.52. The van der Waals surface area contributed by atoms with Crippen molar-refractivity contribution in [3.05, 3.63) is 70.7 Å². The molecule has 0 saturated heterocycles. The Bertz CT molecular complexity index is 791. The molecule has 0 fully saturated rings. The molecular formula is C18H18FNO. The van der Waals surface area contributed by atoms with E-state index in [9.17, 15) is 4.39 Å². The van der Waals surface area contributed by atoms with Crippen molar-refractivity contribution in [2.75, 3.05) is 0 Å². The molecule has 0 spiro atoms. The summed E-state index contributed by atoms with van der Waals surface area (Å²) in [6, 6.07) is 12.4. The number of fused-ring (bicyclic) bond motifs is 1. The first-order chi connectivity index (χ1) is 10.0. The van der Waals surface area contributed by atoms with Gasteiger partial charge in [-0.25, -0.2) is 4.39 Å². The van der Waals surface area contributed by atoms with Crippen LogP contribution in [0.4, 0.5) is 4.39 Å². The lowest BCUT2D eigenvalue weighted by atomic mass is 10.00. The van der Waals surface area contributed by atoms with E-state index in [1.165, 1.54) is 28.8 Å². The third kappa shape index (κ3) is 2.83. The van der Waals surface area contributed by atoms with Crippen LogP contribution in [0, 0.1) is 19.7 Å². The van der Waals surface area contributed by atoms with Gasteiger partial charge in [0.15, 0.2) is 0 Å². The van der Waals surface area contributed by atoms with Crippen molar-refractivity contribution >= 4 is 11.0 Å². The number of benzene rings is 2. The lowest BCUT2D eigenvalue weighted by Gasteiger charge is -2.10. The third-order valence-corrected chi connectivity index (χ3v) is 3.89. The Labute approximate surface area is 123 Å². The highest BCUT2D eigenvalue weighted by Crippen LogP contribution is 2.26. The van der Waals surface area contributed by atoms with Crippen molar-refractivity contribution in [1.82, 2.24) is 0 Å². The monoisotopic (exact) mass is 283 g/mol. The molecule has 0 bridgehead atoms. The second kappa shape index (κ2) is 5.34. The fraction of sp³-hybridized carbons (Fsp3) is 0.222. The fourth-order valence-corrected chi connectivity index (χ4v) is 2.50. The van der Waals surface area contributed by atoms with Crippen LogP contribution in [0.3, 0.4) is 0 Å². The van der Waals surface area contributed by atoms with Gasteiger partial charge in [-0.15, -0.1) is 0 Å². The molecule has 3 heteroatoms. The van der Waals surface area contributed by atoms with Crippen LogP contribution in [0.2, 0.25) is 0 Å². The molecule has 1 aromatic heterocycles. The third-order valence-electron chi connectivity index (χ3n) is 3.89. The molecule has 0 saturated carbocycles. The average Bonchev–Trinajstić information content (AvgIpc) is 2.86. The second-order valence-electron chi connectivity index (χ2n) is 5.56. The highest BCUT2D eigenvalue weighted by molar-refractivity contribution is 5.78. The molecule has 2 nitrogen and oxygen atoms in total. The lowest BCUT2D eigenvalue weighted by Crippen LogP contribution is -2.12. The largest absolute Gasteiger partial charge is 0.459 e. The first kappa shape index (κ1) is 13.8. The second-order valence-corrected chi connectivity index (χ2v) is 5.56. The normalized spacial score (nSPS) is 12.8. The van der Waals surface area contributed by atoms with Gasteiger partial charge in [0.2, 0.25) is 0 Å². The van der Waals surface area contributed by atoms with Gasteiger partial charge in [0.25, 0.3) is 0 Å². The van der Waals surface area contributed by atoms with Crippen molar-refractivity contribution in [2.24, 2.45) is 5.73 Å². The summed E-state index contributed by atoms with van der Waals surface area (Å²) in [5.41, 5.74) is 10.6. The summed E-state index contributed by atoms with van der Waals surface area (Å²) in [5, 5.41) is 0.750. The van der Waals surface area contributed by atoms with Crippen LogP contribution >= 0.6 is 0 Å². The molecule has 1 unspecified atom stereocenters. The zero-order chi connectivity index (χ0) is 15.0. The molecule has 2 aromatic carbocycles. The van der Waals surface area contributed by atoms with Crippen molar-refractivity contribution in [1.29, 1.82) is 0 Å². The summed E-state index contributed by atoms with van der Waals surface area (Å²) < 4.78 is 18.9. The van der Waals surface area contributed by atoms with Gasteiger partial charge >= 0.3 is 0 Å². The first-order valence-corrected chi connectivity index (χ1v) is 7.03.